The molecule has 0 aliphatic carbocycles. The third kappa shape index (κ3) is 5.57. The van der Waals surface area contributed by atoms with E-state index in [2.05, 4.69) is 4.98 Å². The van der Waals surface area contributed by atoms with Crippen LogP contribution in [0.2, 0.25) is 0 Å². The van der Waals surface area contributed by atoms with E-state index in [0.717, 1.165) is 30.7 Å². The lowest BCUT2D eigenvalue weighted by Gasteiger charge is -2.36. The van der Waals surface area contributed by atoms with Crippen molar-refractivity contribution in [2.75, 3.05) is 13.2 Å². The highest BCUT2D eigenvalue weighted by molar-refractivity contribution is 7.09. The lowest BCUT2D eigenvalue weighted by molar-refractivity contribution is 0.00387. The number of carbonyl (C=O) groups is 1. The number of piperidine rings is 1. The van der Waals surface area contributed by atoms with Crippen molar-refractivity contribution in [2.24, 2.45) is 0 Å². The summed E-state index contributed by atoms with van der Waals surface area (Å²) >= 11 is 1.60. The maximum atomic E-state index is 12.3. The van der Waals surface area contributed by atoms with Gasteiger partial charge in [-0.3, -0.25) is 4.98 Å². The van der Waals surface area contributed by atoms with Gasteiger partial charge in [-0.05, 0) is 46.5 Å². The number of amides is 1. The van der Waals surface area contributed by atoms with Crippen molar-refractivity contribution in [2.45, 2.75) is 64.7 Å². The van der Waals surface area contributed by atoms with Crippen LogP contribution in [-0.2, 0) is 16.1 Å². The standard InChI is InChI=1S/C16H26N2O3S/c1-16(2,3)21-15(19)18-8-5-4-6-13(18)7-9-20-11-14-10-17-12-22-14/h10,12-13H,4-9,11H2,1-3H3. The van der Waals surface area contributed by atoms with Gasteiger partial charge in [0, 0.05) is 25.4 Å². The Morgan fingerprint density at radius 3 is 2.95 bits per heavy atom. The van der Waals surface area contributed by atoms with Crippen molar-refractivity contribution in [1.82, 2.24) is 9.88 Å². The van der Waals surface area contributed by atoms with E-state index in [-0.39, 0.29) is 12.1 Å². The molecule has 22 heavy (non-hydrogen) atoms. The Morgan fingerprint density at radius 2 is 2.27 bits per heavy atom. The van der Waals surface area contributed by atoms with Crippen molar-refractivity contribution < 1.29 is 14.3 Å². The summed E-state index contributed by atoms with van der Waals surface area (Å²) in [6.07, 6.45) is 5.75. The molecule has 1 saturated heterocycles. The fraction of sp³-hybridized carbons (Fsp3) is 0.750. The first-order chi connectivity index (χ1) is 10.5. The molecule has 5 nitrogen and oxygen atoms in total. The molecule has 0 aromatic carbocycles. The van der Waals surface area contributed by atoms with Crippen LogP contribution >= 0.6 is 11.3 Å². The Balaban J connectivity index is 1.77. The molecule has 124 valence electrons. The lowest BCUT2D eigenvalue weighted by Crippen LogP contribution is -2.46. The number of nitrogens with zero attached hydrogens (tertiary/aromatic N) is 2. The van der Waals surface area contributed by atoms with E-state index in [0.29, 0.717) is 13.2 Å². The number of carbonyl (C=O) groups excluding carboxylic acids is 1. The number of rotatable bonds is 5. The van der Waals surface area contributed by atoms with E-state index in [1.54, 1.807) is 11.3 Å². The molecule has 2 rings (SSSR count). The summed E-state index contributed by atoms with van der Waals surface area (Å²) < 4.78 is 11.2. The Labute approximate surface area is 136 Å². The SMILES string of the molecule is CC(C)(C)OC(=O)N1CCCCC1CCOCc1cncs1. The zero-order chi connectivity index (χ0) is 16.0. The minimum Gasteiger partial charge on any atom is -0.444 e. The van der Waals surface area contributed by atoms with Crippen molar-refractivity contribution in [3.8, 4) is 0 Å². The number of thiazole rings is 1. The number of hydrogen-bond donors (Lipinski definition) is 0. The van der Waals surface area contributed by atoms with Gasteiger partial charge in [0.2, 0.25) is 0 Å². The largest absolute Gasteiger partial charge is 0.444 e. The fourth-order valence-electron chi connectivity index (χ4n) is 2.57. The number of hydrogen-bond acceptors (Lipinski definition) is 5. The summed E-state index contributed by atoms with van der Waals surface area (Å²) in [5.41, 5.74) is 1.37. The Kier molecular flexibility index (Phi) is 6.20. The maximum absolute atomic E-state index is 12.3. The van der Waals surface area contributed by atoms with E-state index >= 15 is 0 Å². The average molecular weight is 326 g/mol. The van der Waals surface area contributed by atoms with Gasteiger partial charge in [0.05, 0.1) is 17.0 Å². The van der Waals surface area contributed by atoms with Gasteiger partial charge in [0.15, 0.2) is 0 Å². The quantitative estimate of drug-likeness (QED) is 0.772. The van der Waals surface area contributed by atoms with Crippen LogP contribution in [0.1, 0.15) is 51.3 Å². The minimum atomic E-state index is -0.443. The molecular formula is C16H26N2O3S. The highest BCUT2D eigenvalue weighted by Gasteiger charge is 2.30. The highest BCUT2D eigenvalue weighted by Crippen LogP contribution is 2.22. The van der Waals surface area contributed by atoms with E-state index in [1.165, 1.54) is 6.42 Å². The zero-order valence-corrected chi connectivity index (χ0v) is 14.5. The van der Waals surface area contributed by atoms with E-state index in [9.17, 15) is 4.79 Å². The summed E-state index contributed by atoms with van der Waals surface area (Å²) in [5.74, 6) is 0. The number of ether oxygens (including phenoxy) is 2. The van der Waals surface area contributed by atoms with Crippen LogP contribution in [0.25, 0.3) is 0 Å². The van der Waals surface area contributed by atoms with Crippen molar-refractivity contribution in [3.05, 3.63) is 16.6 Å². The Morgan fingerprint density at radius 1 is 1.45 bits per heavy atom. The molecule has 1 amide bonds. The number of likely N-dealkylation sites (tertiary alicyclic amines) is 1. The normalized spacial score (nSPS) is 19.2. The molecule has 1 unspecified atom stereocenters. The third-order valence-electron chi connectivity index (χ3n) is 3.58. The Bertz CT molecular complexity index is 456. The van der Waals surface area contributed by atoms with Crippen LogP contribution < -0.4 is 0 Å². The second kappa shape index (κ2) is 7.92. The van der Waals surface area contributed by atoms with Gasteiger partial charge in [0.25, 0.3) is 0 Å². The molecule has 6 heteroatoms. The second-order valence-corrected chi connectivity index (χ2v) is 7.60. The predicted octanol–water partition coefficient (Wildman–Crippen LogP) is 3.84. The monoisotopic (exact) mass is 326 g/mol. The summed E-state index contributed by atoms with van der Waals surface area (Å²) in [4.78, 5) is 19.3. The smallest absolute Gasteiger partial charge is 0.410 e. The first-order valence-corrected chi connectivity index (χ1v) is 8.78. The summed E-state index contributed by atoms with van der Waals surface area (Å²) in [7, 11) is 0. The molecular weight excluding hydrogens is 300 g/mol. The van der Waals surface area contributed by atoms with E-state index in [4.69, 9.17) is 9.47 Å². The van der Waals surface area contributed by atoms with Crippen LogP contribution in [-0.4, -0.2) is 40.8 Å². The van der Waals surface area contributed by atoms with Gasteiger partial charge in [-0.2, -0.15) is 0 Å². The topological polar surface area (TPSA) is 51.7 Å². The maximum Gasteiger partial charge on any atom is 0.410 e. The lowest BCUT2D eigenvalue weighted by atomic mass is 10.0. The van der Waals surface area contributed by atoms with Gasteiger partial charge >= 0.3 is 6.09 Å². The molecule has 0 saturated carbocycles. The molecule has 0 N–H and O–H groups in total. The summed E-state index contributed by atoms with van der Waals surface area (Å²) in [6.45, 7) is 7.76. The second-order valence-electron chi connectivity index (χ2n) is 6.63. The molecule has 1 fully saturated rings. The molecule has 1 atom stereocenters. The van der Waals surface area contributed by atoms with Gasteiger partial charge < -0.3 is 14.4 Å². The van der Waals surface area contributed by atoms with Crippen molar-refractivity contribution in [3.63, 3.8) is 0 Å². The molecule has 0 radical (unpaired) electrons. The van der Waals surface area contributed by atoms with Crippen molar-refractivity contribution in [1.29, 1.82) is 0 Å². The van der Waals surface area contributed by atoms with E-state index < -0.39 is 5.60 Å². The fourth-order valence-corrected chi connectivity index (χ4v) is 3.10. The molecule has 2 heterocycles. The molecule has 0 bridgehead atoms. The Hall–Kier alpha value is -1.14. The third-order valence-corrected chi connectivity index (χ3v) is 4.33. The molecule has 1 aromatic heterocycles. The van der Waals surface area contributed by atoms with Crippen LogP contribution in [0, 0.1) is 0 Å². The minimum absolute atomic E-state index is 0.195. The first-order valence-electron chi connectivity index (χ1n) is 7.90. The predicted molar refractivity (Wildman–Crippen MR) is 87.0 cm³/mol. The van der Waals surface area contributed by atoms with Crippen LogP contribution in [0.15, 0.2) is 11.7 Å². The van der Waals surface area contributed by atoms with Gasteiger partial charge in [0.1, 0.15) is 5.60 Å². The summed E-state index contributed by atoms with van der Waals surface area (Å²) in [5, 5.41) is 0. The molecule has 1 aromatic rings. The zero-order valence-electron chi connectivity index (χ0n) is 13.7. The molecule has 1 aliphatic heterocycles. The van der Waals surface area contributed by atoms with Crippen LogP contribution in [0.3, 0.4) is 0 Å². The van der Waals surface area contributed by atoms with Gasteiger partial charge in [-0.15, -0.1) is 11.3 Å². The molecule has 1 aliphatic rings. The van der Waals surface area contributed by atoms with Crippen LogP contribution in [0.4, 0.5) is 4.79 Å². The van der Waals surface area contributed by atoms with Gasteiger partial charge in [-0.25, -0.2) is 4.79 Å². The average Bonchev–Trinajstić information content (AvgIpc) is 2.95. The van der Waals surface area contributed by atoms with Crippen molar-refractivity contribution >= 4 is 17.4 Å². The molecule has 0 spiro atoms. The highest BCUT2D eigenvalue weighted by atomic mass is 32.1. The number of aromatic nitrogens is 1. The van der Waals surface area contributed by atoms with Crippen LogP contribution in [0.5, 0.6) is 0 Å². The first kappa shape index (κ1) is 17.2. The van der Waals surface area contributed by atoms with E-state index in [1.807, 2.05) is 37.4 Å². The summed E-state index contributed by atoms with van der Waals surface area (Å²) in [6, 6.07) is 0.227. The van der Waals surface area contributed by atoms with Gasteiger partial charge in [-0.1, -0.05) is 0 Å².